The first-order valence-corrected chi connectivity index (χ1v) is 13.6. The van der Waals surface area contributed by atoms with Gasteiger partial charge < -0.3 is 42.7 Å². The molecule has 0 saturated heterocycles. The van der Waals surface area contributed by atoms with Gasteiger partial charge in [-0.15, -0.1) is 0 Å². The van der Waals surface area contributed by atoms with Gasteiger partial charge in [-0.2, -0.15) is 0 Å². The van der Waals surface area contributed by atoms with E-state index in [0.29, 0.717) is 38.9 Å². The standard InChI is InChI=1S/C14H30N6O2.C11H21N3O4/c1-3-6-12(21)18-11-19-13(22)7-10-20(2)9-5-4-8-17-14(15)16;1-3-4-9(15)12-8-13-10(16)5-6-14(2)7-11(17)18/h3-11H2,1-2H3,(H,18,21)(H,19,22)(H4,15,16,17);3-8H2,1-2H3,(H,12,15)(H,13,16)(H,17,18). The highest BCUT2D eigenvalue weighted by Crippen LogP contribution is 1.95. The SMILES string of the molecule is CCCC(=O)NCNC(=O)CCN(C)CC(=O)O.CCCC(=O)NCNC(=O)CCN(C)CCCCN=C(N)N. The summed E-state index contributed by atoms with van der Waals surface area (Å²) >= 11 is 0. The largest absolute Gasteiger partial charge is 0.480 e. The van der Waals surface area contributed by atoms with E-state index in [9.17, 15) is 24.0 Å². The van der Waals surface area contributed by atoms with Gasteiger partial charge in [0.2, 0.25) is 23.6 Å². The first-order chi connectivity index (χ1) is 18.9. The number of nitrogens with zero attached hydrogens (tertiary/aromatic N) is 3. The molecular weight excluding hydrogens is 522 g/mol. The van der Waals surface area contributed by atoms with Crippen LogP contribution >= 0.6 is 0 Å². The summed E-state index contributed by atoms with van der Waals surface area (Å²) in [7, 11) is 3.60. The monoisotopic (exact) mass is 573 g/mol. The van der Waals surface area contributed by atoms with Gasteiger partial charge in [-0.05, 0) is 46.3 Å². The highest BCUT2D eigenvalue weighted by Gasteiger charge is 2.08. The molecule has 4 amide bonds. The van der Waals surface area contributed by atoms with Crippen LogP contribution in [0.2, 0.25) is 0 Å². The van der Waals surface area contributed by atoms with Crippen molar-refractivity contribution in [1.29, 1.82) is 0 Å². The topological polar surface area (TPSA) is 225 Å². The fourth-order valence-electron chi connectivity index (χ4n) is 3.00. The Morgan fingerprint density at radius 2 is 1.10 bits per heavy atom. The van der Waals surface area contributed by atoms with Crippen LogP contribution in [-0.2, 0) is 24.0 Å². The van der Waals surface area contributed by atoms with Crippen LogP contribution in [0, 0.1) is 0 Å². The van der Waals surface area contributed by atoms with Crippen molar-refractivity contribution < 1.29 is 29.1 Å². The van der Waals surface area contributed by atoms with Crippen molar-refractivity contribution in [2.24, 2.45) is 16.5 Å². The van der Waals surface area contributed by atoms with Crippen molar-refractivity contribution in [2.75, 3.05) is 60.2 Å². The maximum atomic E-state index is 11.6. The number of hydrogen-bond acceptors (Lipinski definition) is 8. The minimum absolute atomic E-state index is 0.0410. The number of guanidine groups is 1. The number of hydrogen-bond donors (Lipinski definition) is 7. The lowest BCUT2D eigenvalue weighted by Gasteiger charge is -2.16. The van der Waals surface area contributed by atoms with E-state index < -0.39 is 5.97 Å². The zero-order valence-electron chi connectivity index (χ0n) is 24.6. The normalized spacial score (nSPS) is 10.2. The Bertz CT molecular complexity index is 776. The van der Waals surface area contributed by atoms with E-state index in [1.807, 2.05) is 20.9 Å². The molecule has 0 rings (SSSR count). The van der Waals surface area contributed by atoms with Crippen LogP contribution < -0.4 is 32.7 Å². The summed E-state index contributed by atoms with van der Waals surface area (Å²) in [6.45, 7) is 6.61. The van der Waals surface area contributed by atoms with E-state index >= 15 is 0 Å². The molecule has 0 aliphatic rings. The zero-order valence-corrected chi connectivity index (χ0v) is 24.6. The van der Waals surface area contributed by atoms with Crippen LogP contribution in [0.25, 0.3) is 0 Å². The maximum absolute atomic E-state index is 11.6. The molecule has 232 valence electrons. The number of carboxylic acids is 1. The molecule has 0 aliphatic heterocycles. The average Bonchev–Trinajstić information content (AvgIpc) is 2.86. The molecular formula is C25H51N9O6. The molecule has 0 radical (unpaired) electrons. The Balaban J connectivity index is 0. The first kappa shape index (κ1) is 38.7. The van der Waals surface area contributed by atoms with Crippen LogP contribution in [0.3, 0.4) is 0 Å². The van der Waals surface area contributed by atoms with E-state index in [1.54, 1.807) is 7.05 Å². The highest BCUT2D eigenvalue weighted by atomic mass is 16.4. The van der Waals surface area contributed by atoms with E-state index in [4.69, 9.17) is 16.6 Å². The number of aliphatic carboxylic acids is 1. The van der Waals surface area contributed by atoms with E-state index in [-0.39, 0.29) is 55.9 Å². The highest BCUT2D eigenvalue weighted by molar-refractivity contribution is 5.79. The molecule has 40 heavy (non-hydrogen) atoms. The summed E-state index contributed by atoms with van der Waals surface area (Å²) in [4.78, 5) is 63.1. The van der Waals surface area contributed by atoms with Gasteiger partial charge in [0.05, 0.1) is 19.9 Å². The van der Waals surface area contributed by atoms with Crippen molar-refractivity contribution >= 4 is 35.6 Å². The molecule has 9 N–H and O–H groups in total. The third kappa shape index (κ3) is 29.1. The van der Waals surface area contributed by atoms with Gasteiger partial charge in [-0.3, -0.25) is 33.9 Å². The second-order valence-electron chi connectivity index (χ2n) is 9.20. The molecule has 0 fully saturated rings. The van der Waals surface area contributed by atoms with Gasteiger partial charge in [0.25, 0.3) is 0 Å². The first-order valence-electron chi connectivity index (χ1n) is 13.6. The second kappa shape index (κ2) is 25.8. The summed E-state index contributed by atoms with van der Waals surface area (Å²) in [6.07, 6.45) is 4.99. The predicted octanol–water partition coefficient (Wildman–Crippen LogP) is -1.27. The number of amides is 4. The Morgan fingerprint density at radius 3 is 1.50 bits per heavy atom. The van der Waals surface area contributed by atoms with Crippen molar-refractivity contribution in [3.8, 4) is 0 Å². The molecule has 15 nitrogen and oxygen atoms in total. The number of rotatable bonds is 21. The van der Waals surface area contributed by atoms with Gasteiger partial charge in [0, 0.05) is 45.3 Å². The van der Waals surface area contributed by atoms with Crippen LogP contribution in [0.4, 0.5) is 0 Å². The van der Waals surface area contributed by atoms with Gasteiger partial charge in [-0.25, -0.2) is 0 Å². The summed E-state index contributed by atoms with van der Waals surface area (Å²) in [5.41, 5.74) is 10.5. The zero-order chi connectivity index (χ0) is 30.8. The number of carboxylic acid groups (broad SMARTS) is 1. The Morgan fingerprint density at radius 1 is 0.675 bits per heavy atom. The number of unbranched alkanes of at least 4 members (excludes halogenated alkanes) is 1. The minimum Gasteiger partial charge on any atom is -0.480 e. The Hall–Kier alpha value is -3.46. The molecule has 0 atom stereocenters. The summed E-state index contributed by atoms with van der Waals surface area (Å²) in [5.74, 6) is -1.23. The van der Waals surface area contributed by atoms with Crippen molar-refractivity contribution in [3.63, 3.8) is 0 Å². The van der Waals surface area contributed by atoms with Gasteiger partial charge in [0.15, 0.2) is 5.96 Å². The molecule has 0 spiro atoms. The average molecular weight is 574 g/mol. The number of nitrogens with one attached hydrogen (secondary N) is 4. The van der Waals surface area contributed by atoms with E-state index in [2.05, 4.69) is 31.2 Å². The number of carbonyl (C=O) groups excluding carboxylic acids is 4. The predicted molar refractivity (Wildman–Crippen MR) is 154 cm³/mol. The van der Waals surface area contributed by atoms with Crippen LogP contribution in [-0.4, -0.2) is 111 Å². The maximum Gasteiger partial charge on any atom is 0.317 e. The lowest BCUT2D eigenvalue weighted by Crippen LogP contribution is -2.38. The van der Waals surface area contributed by atoms with E-state index in [1.165, 1.54) is 4.90 Å². The van der Waals surface area contributed by atoms with Crippen LogP contribution in [0.5, 0.6) is 0 Å². The van der Waals surface area contributed by atoms with Crippen molar-refractivity contribution in [1.82, 2.24) is 31.1 Å². The summed E-state index contributed by atoms with van der Waals surface area (Å²) in [6, 6.07) is 0. The minimum atomic E-state index is -0.926. The number of nitrogens with two attached hydrogens (primary N) is 2. The number of aliphatic imine (C=N–C) groups is 1. The molecule has 0 aliphatic carbocycles. The molecule has 0 bridgehead atoms. The molecule has 0 saturated carbocycles. The molecule has 0 heterocycles. The van der Waals surface area contributed by atoms with Crippen molar-refractivity contribution in [3.05, 3.63) is 0 Å². The van der Waals surface area contributed by atoms with Crippen LogP contribution in [0.1, 0.15) is 65.2 Å². The summed E-state index contributed by atoms with van der Waals surface area (Å²) in [5, 5.41) is 18.9. The third-order valence-corrected chi connectivity index (χ3v) is 5.19. The molecule has 15 heteroatoms. The van der Waals surface area contributed by atoms with Gasteiger partial charge in [-0.1, -0.05) is 13.8 Å². The molecule has 0 aromatic carbocycles. The Labute approximate surface area is 237 Å². The van der Waals surface area contributed by atoms with Gasteiger partial charge >= 0.3 is 5.97 Å². The fourth-order valence-corrected chi connectivity index (χ4v) is 3.00. The number of likely N-dealkylation sites (N-methyl/N-ethyl adjacent to an activating group) is 1. The second-order valence-corrected chi connectivity index (χ2v) is 9.20. The van der Waals surface area contributed by atoms with Gasteiger partial charge in [0.1, 0.15) is 0 Å². The summed E-state index contributed by atoms with van der Waals surface area (Å²) < 4.78 is 0. The number of carbonyl (C=O) groups is 5. The van der Waals surface area contributed by atoms with E-state index in [0.717, 1.165) is 32.2 Å². The molecule has 0 aromatic heterocycles. The van der Waals surface area contributed by atoms with Crippen molar-refractivity contribution in [2.45, 2.75) is 65.2 Å². The lowest BCUT2D eigenvalue weighted by atomic mass is 10.3. The molecule has 0 aromatic rings. The third-order valence-electron chi connectivity index (χ3n) is 5.19. The van der Waals surface area contributed by atoms with Crippen LogP contribution in [0.15, 0.2) is 4.99 Å². The fraction of sp³-hybridized carbons (Fsp3) is 0.760. The molecule has 0 unspecified atom stereocenters. The smallest absolute Gasteiger partial charge is 0.317 e. The Kier molecular flexibility index (Phi) is 25.0. The quantitative estimate of drug-likeness (QED) is 0.0373. The lowest BCUT2D eigenvalue weighted by molar-refractivity contribution is -0.138.